The van der Waals surface area contributed by atoms with Gasteiger partial charge in [-0.3, -0.25) is 9.59 Å². The summed E-state index contributed by atoms with van der Waals surface area (Å²) in [6.45, 7) is 0.797. The van der Waals surface area contributed by atoms with Crippen LogP contribution in [0.4, 0.5) is 0 Å². The van der Waals surface area contributed by atoms with E-state index in [1.807, 2.05) is 0 Å². The number of hydrogen-bond acceptors (Lipinski definition) is 3. The molecule has 1 fully saturated rings. The van der Waals surface area contributed by atoms with Gasteiger partial charge in [-0.05, 0) is 24.6 Å². The fraction of sp³-hybridized carbons (Fsp3) is 0.429. The van der Waals surface area contributed by atoms with Crippen LogP contribution in [0.3, 0.4) is 0 Å². The summed E-state index contributed by atoms with van der Waals surface area (Å²) in [5, 5.41) is 6.21. The van der Waals surface area contributed by atoms with Crippen molar-refractivity contribution in [3.63, 3.8) is 0 Å². The number of nitrogens with one attached hydrogen (secondary N) is 2. The van der Waals surface area contributed by atoms with E-state index in [0.29, 0.717) is 36.8 Å². The Labute approximate surface area is 122 Å². The van der Waals surface area contributed by atoms with Gasteiger partial charge in [0.25, 0.3) is 0 Å². The Morgan fingerprint density at radius 2 is 2.35 bits per heavy atom. The molecule has 0 bridgehead atoms. The zero-order valence-corrected chi connectivity index (χ0v) is 11.8. The van der Waals surface area contributed by atoms with Crippen LogP contribution in [-0.4, -0.2) is 31.0 Å². The zero-order chi connectivity index (χ0) is 14.4. The fourth-order valence-corrected chi connectivity index (χ4v) is 2.15. The molecule has 1 unspecified atom stereocenters. The Morgan fingerprint density at radius 1 is 1.50 bits per heavy atom. The standard InChI is InChI=1S/C14H17ClN2O3/c15-10-2-1-3-12(8-10)20-7-6-14(19)17-11-4-5-13(18)16-9-11/h1-3,8,11H,4-7,9H2,(H,16,18)(H,17,19). The highest BCUT2D eigenvalue weighted by Gasteiger charge is 2.19. The summed E-state index contributed by atoms with van der Waals surface area (Å²) in [5.74, 6) is 0.614. The van der Waals surface area contributed by atoms with E-state index in [-0.39, 0.29) is 24.3 Å². The Balaban J connectivity index is 1.66. The summed E-state index contributed by atoms with van der Waals surface area (Å²) in [6, 6.07) is 7.07. The van der Waals surface area contributed by atoms with Gasteiger partial charge >= 0.3 is 0 Å². The number of benzene rings is 1. The first kappa shape index (κ1) is 14.7. The molecule has 1 aromatic rings. The van der Waals surface area contributed by atoms with Crippen molar-refractivity contribution in [2.75, 3.05) is 13.2 Å². The van der Waals surface area contributed by atoms with Crippen LogP contribution in [0.25, 0.3) is 0 Å². The summed E-state index contributed by atoms with van der Waals surface area (Å²) in [6.07, 6.45) is 1.42. The van der Waals surface area contributed by atoms with E-state index < -0.39 is 0 Å². The molecule has 0 spiro atoms. The maximum atomic E-state index is 11.7. The normalized spacial score (nSPS) is 18.2. The van der Waals surface area contributed by atoms with Gasteiger partial charge in [-0.2, -0.15) is 0 Å². The lowest BCUT2D eigenvalue weighted by Crippen LogP contribution is -2.47. The molecule has 2 amide bonds. The lowest BCUT2D eigenvalue weighted by molar-refractivity contribution is -0.125. The summed E-state index contributed by atoms with van der Waals surface area (Å²) >= 11 is 5.83. The topological polar surface area (TPSA) is 67.4 Å². The largest absolute Gasteiger partial charge is 0.493 e. The van der Waals surface area contributed by atoms with Crippen molar-refractivity contribution < 1.29 is 14.3 Å². The number of halogens is 1. The van der Waals surface area contributed by atoms with Crippen molar-refractivity contribution in [2.24, 2.45) is 0 Å². The molecule has 1 saturated heterocycles. The molecule has 20 heavy (non-hydrogen) atoms. The van der Waals surface area contributed by atoms with Gasteiger partial charge in [0.2, 0.25) is 11.8 Å². The number of amides is 2. The van der Waals surface area contributed by atoms with Crippen molar-refractivity contribution in [2.45, 2.75) is 25.3 Å². The third-order valence-electron chi connectivity index (χ3n) is 3.02. The van der Waals surface area contributed by atoms with Gasteiger partial charge in [-0.25, -0.2) is 0 Å². The number of rotatable bonds is 5. The van der Waals surface area contributed by atoms with Crippen molar-refractivity contribution in [1.29, 1.82) is 0 Å². The molecule has 0 aromatic heterocycles. The van der Waals surface area contributed by atoms with E-state index in [1.54, 1.807) is 24.3 Å². The van der Waals surface area contributed by atoms with Crippen LogP contribution in [0.1, 0.15) is 19.3 Å². The second-order valence-electron chi connectivity index (χ2n) is 4.66. The second-order valence-corrected chi connectivity index (χ2v) is 5.10. The molecule has 1 heterocycles. The molecule has 0 aliphatic carbocycles. The van der Waals surface area contributed by atoms with Crippen molar-refractivity contribution in [3.05, 3.63) is 29.3 Å². The van der Waals surface area contributed by atoms with Crippen LogP contribution in [0, 0.1) is 0 Å². The van der Waals surface area contributed by atoms with E-state index in [9.17, 15) is 9.59 Å². The van der Waals surface area contributed by atoms with Gasteiger partial charge in [0, 0.05) is 24.0 Å². The molecule has 0 radical (unpaired) electrons. The molecule has 1 aliphatic heterocycles. The third-order valence-corrected chi connectivity index (χ3v) is 3.26. The number of carbonyl (C=O) groups excluding carboxylic acids is 2. The Morgan fingerprint density at radius 3 is 3.05 bits per heavy atom. The van der Waals surface area contributed by atoms with Crippen molar-refractivity contribution in [3.8, 4) is 5.75 Å². The van der Waals surface area contributed by atoms with Gasteiger partial charge in [-0.1, -0.05) is 17.7 Å². The van der Waals surface area contributed by atoms with Gasteiger partial charge < -0.3 is 15.4 Å². The van der Waals surface area contributed by atoms with Gasteiger partial charge in [0.15, 0.2) is 0 Å². The van der Waals surface area contributed by atoms with Crippen LogP contribution in [0.2, 0.25) is 5.02 Å². The first-order valence-corrected chi connectivity index (χ1v) is 6.96. The van der Waals surface area contributed by atoms with Crippen LogP contribution in [0.5, 0.6) is 5.75 Å². The van der Waals surface area contributed by atoms with Crippen molar-refractivity contribution in [1.82, 2.24) is 10.6 Å². The summed E-state index contributed by atoms with van der Waals surface area (Å²) < 4.78 is 5.45. The predicted octanol–water partition coefficient (Wildman–Crippen LogP) is 1.50. The second kappa shape index (κ2) is 7.14. The van der Waals surface area contributed by atoms with Crippen LogP contribution in [-0.2, 0) is 9.59 Å². The molecule has 1 aliphatic rings. The quantitative estimate of drug-likeness (QED) is 0.865. The minimum Gasteiger partial charge on any atom is -0.493 e. The number of ether oxygens (including phenoxy) is 1. The lowest BCUT2D eigenvalue weighted by Gasteiger charge is -2.23. The number of piperidine rings is 1. The molecule has 0 saturated carbocycles. The Bertz CT molecular complexity index is 483. The highest BCUT2D eigenvalue weighted by atomic mass is 35.5. The molecule has 2 rings (SSSR count). The van der Waals surface area contributed by atoms with Crippen LogP contribution in [0.15, 0.2) is 24.3 Å². The summed E-state index contributed by atoms with van der Waals surface area (Å²) in [7, 11) is 0. The zero-order valence-electron chi connectivity index (χ0n) is 11.0. The van der Waals surface area contributed by atoms with Crippen molar-refractivity contribution >= 4 is 23.4 Å². The molecule has 6 heteroatoms. The third kappa shape index (κ3) is 4.74. The molecule has 5 nitrogen and oxygen atoms in total. The molecule has 1 atom stereocenters. The fourth-order valence-electron chi connectivity index (χ4n) is 1.97. The minimum atomic E-state index is -0.0758. The molecular weight excluding hydrogens is 280 g/mol. The minimum absolute atomic E-state index is 0.0198. The highest BCUT2D eigenvalue weighted by Crippen LogP contribution is 2.17. The number of hydrogen-bond donors (Lipinski definition) is 2. The Kier molecular flexibility index (Phi) is 5.24. The van der Waals surface area contributed by atoms with E-state index in [2.05, 4.69) is 10.6 Å². The van der Waals surface area contributed by atoms with E-state index in [0.717, 1.165) is 0 Å². The average molecular weight is 297 g/mol. The predicted molar refractivity (Wildman–Crippen MR) is 75.7 cm³/mol. The SMILES string of the molecule is O=C1CCC(NC(=O)CCOc2cccc(Cl)c2)CN1. The first-order valence-electron chi connectivity index (χ1n) is 6.58. The van der Waals surface area contributed by atoms with E-state index in [1.165, 1.54) is 0 Å². The summed E-state index contributed by atoms with van der Waals surface area (Å²) in [4.78, 5) is 22.7. The molecule has 108 valence electrons. The number of carbonyl (C=O) groups is 2. The van der Waals surface area contributed by atoms with Crippen LogP contribution >= 0.6 is 11.6 Å². The van der Waals surface area contributed by atoms with E-state index in [4.69, 9.17) is 16.3 Å². The lowest BCUT2D eigenvalue weighted by atomic mass is 10.1. The van der Waals surface area contributed by atoms with Gasteiger partial charge in [-0.15, -0.1) is 0 Å². The molecular formula is C14H17ClN2O3. The summed E-state index contributed by atoms with van der Waals surface area (Å²) in [5.41, 5.74) is 0. The van der Waals surface area contributed by atoms with E-state index >= 15 is 0 Å². The Hall–Kier alpha value is -1.75. The molecule has 2 N–H and O–H groups in total. The smallest absolute Gasteiger partial charge is 0.223 e. The van der Waals surface area contributed by atoms with Crippen LogP contribution < -0.4 is 15.4 Å². The highest BCUT2D eigenvalue weighted by molar-refractivity contribution is 6.30. The first-order chi connectivity index (χ1) is 9.63. The molecule has 1 aromatic carbocycles. The van der Waals surface area contributed by atoms with Gasteiger partial charge in [0.05, 0.1) is 13.0 Å². The van der Waals surface area contributed by atoms with Gasteiger partial charge in [0.1, 0.15) is 5.75 Å². The maximum absolute atomic E-state index is 11.7. The average Bonchev–Trinajstić information content (AvgIpc) is 2.41. The monoisotopic (exact) mass is 296 g/mol. The maximum Gasteiger partial charge on any atom is 0.223 e.